The van der Waals surface area contributed by atoms with Gasteiger partial charge in [0.15, 0.2) is 6.54 Å². The fourth-order valence-electron chi connectivity index (χ4n) is 4.39. The SMILES string of the molecule is NCC[n+]1c(/C=C/c2cccc3ccccc23)cccc1/C=C/c1cccc2ccccc12. The molecule has 1 aromatic heterocycles. The summed E-state index contributed by atoms with van der Waals surface area (Å²) in [6.45, 7) is 1.34. The van der Waals surface area contributed by atoms with Crippen molar-refractivity contribution in [1.29, 1.82) is 0 Å². The molecule has 0 aliphatic heterocycles. The van der Waals surface area contributed by atoms with Gasteiger partial charge in [0, 0.05) is 24.3 Å². The summed E-state index contributed by atoms with van der Waals surface area (Å²) in [6, 6.07) is 36.2. The number of nitrogens with zero attached hydrogens (tertiary/aromatic N) is 1. The van der Waals surface area contributed by atoms with E-state index in [1.807, 2.05) is 0 Å². The molecule has 0 saturated heterocycles. The number of hydrogen-bond donors (Lipinski definition) is 1. The molecule has 0 unspecified atom stereocenters. The summed E-state index contributed by atoms with van der Waals surface area (Å²) < 4.78 is 2.28. The van der Waals surface area contributed by atoms with Crippen molar-refractivity contribution >= 4 is 45.8 Å². The minimum Gasteiger partial charge on any atom is -0.325 e. The number of rotatable bonds is 6. The summed E-state index contributed by atoms with van der Waals surface area (Å²) in [5, 5.41) is 5.02. The molecule has 0 spiro atoms. The predicted molar refractivity (Wildman–Crippen MR) is 141 cm³/mol. The Morgan fingerprint density at radius 3 is 1.48 bits per heavy atom. The van der Waals surface area contributed by atoms with Gasteiger partial charge < -0.3 is 5.73 Å². The van der Waals surface area contributed by atoms with E-state index in [1.54, 1.807) is 0 Å². The summed E-state index contributed by atoms with van der Waals surface area (Å²) in [6.07, 6.45) is 8.77. The van der Waals surface area contributed by atoms with Crippen LogP contribution in [-0.4, -0.2) is 6.54 Å². The summed E-state index contributed by atoms with van der Waals surface area (Å²) in [5.74, 6) is 0. The van der Waals surface area contributed by atoms with Crippen molar-refractivity contribution in [2.75, 3.05) is 6.54 Å². The molecule has 0 amide bonds. The van der Waals surface area contributed by atoms with E-state index in [0.29, 0.717) is 6.54 Å². The Balaban J connectivity index is 1.52. The van der Waals surface area contributed by atoms with Gasteiger partial charge in [0.2, 0.25) is 11.4 Å². The van der Waals surface area contributed by atoms with Crippen LogP contribution in [0.2, 0.25) is 0 Å². The Hall–Kier alpha value is -4.01. The van der Waals surface area contributed by atoms with Crippen LogP contribution in [0.25, 0.3) is 45.8 Å². The quantitative estimate of drug-likeness (QED) is 0.305. The molecule has 160 valence electrons. The third-order valence-electron chi connectivity index (χ3n) is 6.02. The molecule has 5 aromatic rings. The van der Waals surface area contributed by atoms with Crippen molar-refractivity contribution in [3.63, 3.8) is 0 Å². The lowest BCUT2D eigenvalue weighted by Gasteiger charge is -2.05. The highest BCUT2D eigenvalue weighted by Crippen LogP contribution is 2.22. The Bertz CT molecular complexity index is 1360. The topological polar surface area (TPSA) is 29.9 Å². The van der Waals surface area contributed by atoms with Crippen LogP contribution in [0.1, 0.15) is 22.5 Å². The van der Waals surface area contributed by atoms with Crippen LogP contribution >= 0.6 is 0 Å². The van der Waals surface area contributed by atoms with E-state index in [9.17, 15) is 0 Å². The lowest BCUT2D eigenvalue weighted by molar-refractivity contribution is -0.697. The van der Waals surface area contributed by atoms with E-state index in [-0.39, 0.29) is 0 Å². The molecule has 33 heavy (non-hydrogen) atoms. The average molecular weight is 428 g/mol. The van der Waals surface area contributed by atoms with Gasteiger partial charge in [-0.2, -0.15) is 4.57 Å². The highest BCUT2D eigenvalue weighted by molar-refractivity contribution is 5.93. The summed E-state index contributed by atoms with van der Waals surface area (Å²) in [4.78, 5) is 0. The van der Waals surface area contributed by atoms with Gasteiger partial charge >= 0.3 is 0 Å². The molecule has 0 aliphatic carbocycles. The third-order valence-corrected chi connectivity index (χ3v) is 6.02. The molecule has 4 aromatic carbocycles. The summed E-state index contributed by atoms with van der Waals surface area (Å²) in [7, 11) is 0. The minimum absolute atomic E-state index is 0.582. The van der Waals surface area contributed by atoms with Crippen LogP contribution in [0, 0.1) is 0 Å². The molecule has 2 N–H and O–H groups in total. The van der Waals surface area contributed by atoms with Crippen LogP contribution in [0.15, 0.2) is 103 Å². The first-order valence-electron chi connectivity index (χ1n) is 11.4. The second-order valence-corrected chi connectivity index (χ2v) is 8.12. The number of nitrogens with two attached hydrogens (primary N) is 1. The van der Waals surface area contributed by atoms with Crippen LogP contribution < -0.4 is 10.3 Å². The second-order valence-electron chi connectivity index (χ2n) is 8.12. The molecular weight excluding hydrogens is 400 g/mol. The van der Waals surface area contributed by atoms with Crippen molar-refractivity contribution in [1.82, 2.24) is 0 Å². The molecule has 2 heteroatoms. The Morgan fingerprint density at radius 1 is 0.515 bits per heavy atom. The first-order valence-corrected chi connectivity index (χ1v) is 11.4. The Morgan fingerprint density at radius 2 is 0.970 bits per heavy atom. The largest absolute Gasteiger partial charge is 0.325 e. The van der Waals surface area contributed by atoms with E-state index in [0.717, 1.165) is 17.9 Å². The van der Waals surface area contributed by atoms with Gasteiger partial charge in [-0.05, 0) is 50.9 Å². The highest BCUT2D eigenvalue weighted by Gasteiger charge is 2.12. The predicted octanol–water partition coefficient (Wildman–Crippen LogP) is 6.58. The molecule has 0 radical (unpaired) electrons. The first-order chi connectivity index (χ1) is 16.3. The molecule has 0 fully saturated rings. The van der Waals surface area contributed by atoms with E-state index in [4.69, 9.17) is 5.73 Å². The van der Waals surface area contributed by atoms with E-state index in [2.05, 4.69) is 132 Å². The number of pyridine rings is 1. The fraction of sp³-hybridized carbons (Fsp3) is 0.0645. The van der Waals surface area contributed by atoms with Crippen molar-refractivity contribution in [3.05, 3.63) is 126 Å². The van der Waals surface area contributed by atoms with Gasteiger partial charge in [-0.1, -0.05) is 84.9 Å². The standard InChI is InChI=1S/C31H27N2/c32-22-23-33-28(20-18-26-12-5-10-24-8-1-3-16-30(24)26)14-7-15-29(33)21-19-27-13-6-11-25-9-2-4-17-31(25)27/h1-21H,22-23,32H2/q+1/b20-18+,21-19+. The third kappa shape index (κ3) is 4.48. The molecule has 2 nitrogen and oxygen atoms in total. The van der Waals surface area contributed by atoms with Crippen molar-refractivity contribution < 1.29 is 4.57 Å². The number of benzene rings is 4. The maximum atomic E-state index is 5.99. The van der Waals surface area contributed by atoms with E-state index in [1.165, 1.54) is 32.7 Å². The lowest BCUT2D eigenvalue weighted by Crippen LogP contribution is -2.43. The van der Waals surface area contributed by atoms with Crippen molar-refractivity contribution in [2.24, 2.45) is 5.73 Å². The Kier molecular flexibility index (Phi) is 6.10. The van der Waals surface area contributed by atoms with Crippen molar-refractivity contribution in [3.8, 4) is 0 Å². The Labute approximate surface area is 194 Å². The van der Waals surface area contributed by atoms with Gasteiger partial charge in [0.1, 0.15) is 0 Å². The van der Waals surface area contributed by atoms with Crippen LogP contribution in [0.5, 0.6) is 0 Å². The normalized spacial score (nSPS) is 11.8. The molecule has 0 saturated carbocycles. The molecule has 0 aliphatic rings. The molecule has 0 atom stereocenters. The van der Waals surface area contributed by atoms with E-state index >= 15 is 0 Å². The van der Waals surface area contributed by atoms with Gasteiger partial charge in [-0.15, -0.1) is 0 Å². The summed E-state index contributed by atoms with van der Waals surface area (Å²) in [5.41, 5.74) is 10.7. The van der Waals surface area contributed by atoms with Crippen LogP contribution in [0.4, 0.5) is 0 Å². The van der Waals surface area contributed by atoms with E-state index < -0.39 is 0 Å². The fourth-order valence-corrected chi connectivity index (χ4v) is 4.39. The summed E-state index contributed by atoms with van der Waals surface area (Å²) >= 11 is 0. The van der Waals surface area contributed by atoms with Gasteiger partial charge in [-0.3, -0.25) is 0 Å². The van der Waals surface area contributed by atoms with Gasteiger partial charge in [0.25, 0.3) is 0 Å². The average Bonchev–Trinajstić information content (AvgIpc) is 2.87. The van der Waals surface area contributed by atoms with Crippen LogP contribution in [-0.2, 0) is 6.54 Å². The van der Waals surface area contributed by atoms with Gasteiger partial charge in [-0.25, -0.2) is 0 Å². The highest BCUT2D eigenvalue weighted by atomic mass is 15.0. The second kappa shape index (κ2) is 9.64. The number of aromatic nitrogens is 1. The zero-order chi connectivity index (χ0) is 22.5. The lowest BCUT2D eigenvalue weighted by atomic mass is 10.0. The van der Waals surface area contributed by atoms with Crippen LogP contribution in [0.3, 0.4) is 0 Å². The first kappa shape index (κ1) is 20.9. The smallest absolute Gasteiger partial charge is 0.205 e. The maximum Gasteiger partial charge on any atom is 0.205 e. The number of fused-ring (bicyclic) bond motifs is 2. The zero-order valence-corrected chi connectivity index (χ0v) is 18.6. The van der Waals surface area contributed by atoms with Gasteiger partial charge in [0.05, 0.1) is 6.54 Å². The van der Waals surface area contributed by atoms with Crippen molar-refractivity contribution in [2.45, 2.75) is 6.54 Å². The zero-order valence-electron chi connectivity index (χ0n) is 18.6. The maximum absolute atomic E-state index is 5.99. The minimum atomic E-state index is 0.582. The monoisotopic (exact) mass is 427 g/mol. The molecular formula is C31H27N2+. The molecule has 0 bridgehead atoms. The molecule has 1 heterocycles. The number of hydrogen-bond acceptors (Lipinski definition) is 1. The molecule has 5 rings (SSSR count).